The number of hydrogen-bond donors (Lipinski definition) is 0. The van der Waals surface area contributed by atoms with Gasteiger partial charge >= 0.3 is 5.97 Å². The summed E-state index contributed by atoms with van der Waals surface area (Å²) < 4.78 is 17.2. The Morgan fingerprint density at radius 1 is 1.34 bits per heavy atom. The largest absolute Gasteiger partial charge is 0.497 e. The molecule has 5 atom stereocenters. The van der Waals surface area contributed by atoms with Gasteiger partial charge in [-0.3, -0.25) is 9.88 Å². The van der Waals surface area contributed by atoms with Crippen molar-refractivity contribution in [2.45, 2.75) is 38.8 Å². The lowest BCUT2D eigenvalue weighted by molar-refractivity contribution is -0.156. The summed E-state index contributed by atoms with van der Waals surface area (Å²) in [6.45, 7) is 10.5. The molecule has 3 saturated heterocycles. The van der Waals surface area contributed by atoms with E-state index < -0.39 is 0 Å². The Hall–Kier alpha value is -2.44. The zero-order valence-electron chi connectivity index (χ0n) is 19.3. The first-order valence-electron chi connectivity index (χ1n) is 11.6. The van der Waals surface area contributed by atoms with Gasteiger partial charge in [-0.1, -0.05) is 19.9 Å². The Bertz CT molecular complexity index is 960. The van der Waals surface area contributed by atoms with Crippen LogP contribution in [0.15, 0.2) is 43.1 Å². The highest BCUT2D eigenvalue weighted by Gasteiger charge is 2.43. The topological polar surface area (TPSA) is 60.9 Å². The normalized spacial score (nSPS) is 25.6. The number of piperidine rings is 3. The zero-order chi connectivity index (χ0) is 22.7. The van der Waals surface area contributed by atoms with Gasteiger partial charge in [0.15, 0.2) is 0 Å². The Morgan fingerprint density at radius 3 is 2.88 bits per heavy atom. The van der Waals surface area contributed by atoms with Crippen LogP contribution >= 0.6 is 0 Å². The lowest BCUT2D eigenvalue weighted by Crippen LogP contribution is -2.55. The third-order valence-electron chi connectivity index (χ3n) is 6.75. The number of carbonyl (C=O) groups is 1. The molecule has 2 aromatic rings. The fourth-order valence-corrected chi connectivity index (χ4v) is 5.08. The molecule has 4 unspecified atom stereocenters. The number of aromatic nitrogens is 1. The van der Waals surface area contributed by atoms with E-state index in [1.807, 2.05) is 44.3 Å². The van der Waals surface area contributed by atoms with Gasteiger partial charge in [-0.2, -0.15) is 0 Å². The van der Waals surface area contributed by atoms with Crippen molar-refractivity contribution >= 4 is 16.9 Å². The van der Waals surface area contributed by atoms with Crippen LogP contribution in [0.1, 0.15) is 38.4 Å². The summed E-state index contributed by atoms with van der Waals surface area (Å²) in [7, 11) is 1.66. The number of carbonyl (C=O) groups excluding carboxylic acids is 1. The lowest BCUT2D eigenvalue weighted by Gasteiger charge is -2.51. The number of esters is 1. The molecule has 0 radical (unpaired) electrons. The highest BCUT2D eigenvalue weighted by Crippen LogP contribution is 2.43. The molecule has 0 N–H and O–H groups in total. The van der Waals surface area contributed by atoms with Gasteiger partial charge < -0.3 is 14.2 Å². The second-order valence-corrected chi connectivity index (χ2v) is 9.34. The molecule has 3 aliphatic heterocycles. The third kappa shape index (κ3) is 4.81. The standard InChI is InChI=1S/C26H34N2O4/c1-5-18-14-28-11-9-19(18)12-24(28)26(32-16-25(29)31-15-17(2)3)21-8-10-27-23-7-6-20(30-4)13-22(21)23/h5-8,10,13,17-19,24,26H,1,9,11-12,14-16H2,2-4H3/t18?,19?,24?,26-/m1/s1. The van der Waals surface area contributed by atoms with E-state index >= 15 is 0 Å². The predicted molar refractivity (Wildman–Crippen MR) is 125 cm³/mol. The molecule has 0 amide bonds. The number of benzene rings is 1. The molecule has 3 aliphatic rings. The quantitative estimate of drug-likeness (QED) is 0.427. The predicted octanol–water partition coefficient (Wildman–Crippen LogP) is 4.40. The molecule has 0 spiro atoms. The van der Waals surface area contributed by atoms with E-state index in [9.17, 15) is 4.79 Å². The molecule has 32 heavy (non-hydrogen) atoms. The van der Waals surface area contributed by atoms with Crippen molar-refractivity contribution in [3.05, 3.63) is 48.7 Å². The van der Waals surface area contributed by atoms with Crippen LogP contribution in [0.3, 0.4) is 0 Å². The van der Waals surface area contributed by atoms with Crippen LogP contribution in [-0.4, -0.2) is 55.3 Å². The lowest BCUT2D eigenvalue weighted by atomic mass is 9.73. The second kappa shape index (κ2) is 10.0. The molecule has 172 valence electrons. The van der Waals surface area contributed by atoms with Gasteiger partial charge in [0, 0.05) is 24.2 Å². The minimum absolute atomic E-state index is 0.0644. The highest BCUT2D eigenvalue weighted by atomic mass is 16.6. The molecule has 1 aromatic heterocycles. The number of rotatable bonds is 9. The molecule has 6 nitrogen and oxygen atoms in total. The van der Waals surface area contributed by atoms with E-state index in [0.29, 0.717) is 24.4 Å². The minimum atomic E-state index is -0.320. The summed E-state index contributed by atoms with van der Waals surface area (Å²) in [4.78, 5) is 19.4. The Kier molecular flexibility index (Phi) is 7.11. The summed E-state index contributed by atoms with van der Waals surface area (Å²) in [6, 6.07) is 8.10. The van der Waals surface area contributed by atoms with Gasteiger partial charge in [-0.05, 0) is 67.0 Å². The molecular formula is C26H34N2O4. The van der Waals surface area contributed by atoms with Crippen LogP contribution in [0.5, 0.6) is 5.75 Å². The average molecular weight is 439 g/mol. The molecular weight excluding hydrogens is 404 g/mol. The van der Waals surface area contributed by atoms with Gasteiger partial charge in [0.05, 0.1) is 25.3 Å². The van der Waals surface area contributed by atoms with Crippen LogP contribution in [0.4, 0.5) is 0 Å². The number of pyridine rings is 1. The molecule has 0 aliphatic carbocycles. The molecule has 3 fully saturated rings. The fraction of sp³-hybridized carbons (Fsp3) is 0.538. The van der Waals surface area contributed by atoms with Crippen molar-refractivity contribution in [2.24, 2.45) is 17.8 Å². The van der Waals surface area contributed by atoms with Crippen LogP contribution in [0.25, 0.3) is 10.9 Å². The van der Waals surface area contributed by atoms with E-state index in [2.05, 4.69) is 22.5 Å². The van der Waals surface area contributed by atoms with Gasteiger partial charge in [-0.15, -0.1) is 6.58 Å². The van der Waals surface area contributed by atoms with Crippen molar-refractivity contribution in [1.29, 1.82) is 0 Å². The summed E-state index contributed by atoms with van der Waals surface area (Å²) in [5.41, 5.74) is 1.93. The third-order valence-corrected chi connectivity index (χ3v) is 6.75. The summed E-state index contributed by atoms with van der Waals surface area (Å²) in [5, 5.41) is 0.996. The summed E-state index contributed by atoms with van der Waals surface area (Å²) in [6.07, 6.45) is 5.87. The van der Waals surface area contributed by atoms with E-state index in [4.69, 9.17) is 14.2 Å². The molecule has 2 bridgehead atoms. The second-order valence-electron chi connectivity index (χ2n) is 9.34. The van der Waals surface area contributed by atoms with Crippen LogP contribution in [0, 0.1) is 17.8 Å². The average Bonchev–Trinajstić information content (AvgIpc) is 2.82. The van der Waals surface area contributed by atoms with Crippen molar-refractivity contribution in [3.63, 3.8) is 0 Å². The number of fused-ring (bicyclic) bond motifs is 4. The first-order valence-corrected chi connectivity index (χ1v) is 11.6. The van der Waals surface area contributed by atoms with Crippen LogP contribution in [0.2, 0.25) is 0 Å². The van der Waals surface area contributed by atoms with Gasteiger partial charge in [0.25, 0.3) is 0 Å². The molecule has 6 heteroatoms. The van der Waals surface area contributed by atoms with Crippen molar-refractivity contribution in [2.75, 3.05) is 33.4 Å². The monoisotopic (exact) mass is 438 g/mol. The SMILES string of the molecule is C=CC1CN2CCC1CC2[C@H](OCC(=O)OCC(C)C)c1ccnc2ccc(OC)cc12. The molecule has 4 heterocycles. The number of hydrogen-bond acceptors (Lipinski definition) is 6. The first kappa shape index (κ1) is 22.7. The smallest absolute Gasteiger partial charge is 0.332 e. The molecule has 0 saturated carbocycles. The van der Waals surface area contributed by atoms with Crippen molar-refractivity contribution in [3.8, 4) is 5.75 Å². The number of ether oxygens (including phenoxy) is 3. The summed E-state index contributed by atoms with van der Waals surface area (Å²) in [5.74, 6) is 1.87. The van der Waals surface area contributed by atoms with Crippen molar-refractivity contribution < 1.29 is 19.0 Å². The van der Waals surface area contributed by atoms with Crippen molar-refractivity contribution in [1.82, 2.24) is 9.88 Å². The first-order chi connectivity index (χ1) is 15.5. The maximum atomic E-state index is 12.4. The van der Waals surface area contributed by atoms with E-state index in [1.54, 1.807) is 7.11 Å². The minimum Gasteiger partial charge on any atom is -0.497 e. The molecule has 5 rings (SSSR count). The van der Waals surface area contributed by atoms with Gasteiger partial charge in [0.2, 0.25) is 0 Å². The number of methoxy groups -OCH3 is 1. The Morgan fingerprint density at radius 2 is 2.19 bits per heavy atom. The van der Waals surface area contributed by atoms with E-state index in [0.717, 1.165) is 41.7 Å². The maximum absolute atomic E-state index is 12.4. The Balaban J connectivity index is 1.65. The summed E-state index contributed by atoms with van der Waals surface area (Å²) >= 11 is 0. The van der Waals surface area contributed by atoms with Gasteiger partial charge in [0.1, 0.15) is 12.4 Å². The van der Waals surface area contributed by atoms with Crippen LogP contribution < -0.4 is 4.74 Å². The van der Waals surface area contributed by atoms with Gasteiger partial charge in [-0.25, -0.2) is 4.79 Å². The fourth-order valence-electron chi connectivity index (χ4n) is 5.08. The molecule has 1 aromatic carbocycles. The Labute approximate surface area is 190 Å². The van der Waals surface area contributed by atoms with Crippen LogP contribution in [-0.2, 0) is 14.3 Å². The highest BCUT2D eigenvalue weighted by molar-refractivity contribution is 5.84. The van der Waals surface area contributed by atoms with E-state index in [1.165, 1.54) is 6.42 Å². The number of nitrogens with zero attached hydrogens (tertiary/aromatic N) is 2. The maximum Gasteiger partial charge on any atom is 0.332 e. The zero-order valence-corrected chi connectivity index (χ0v) is 19.3. The van der Waals surface area contributed by atoms with E-state index in [-0.39, 0.29) is 24.7 Å².